The van der Waals surface area contributed by atoms with Crippen molar-refractivity contribution >= 4 is 17.5 Å². The molecule has 3 N–H and O–H groups in total. The number of ether oxygens (including phenoxy) is 4. The van der Waals surface area contributed by atoms with E-state index in [1.807, 2.05) is 97.1 Å². The van der Waals surface area contributed by atoms with Crippen molar-refractivity contribution in [3.63, 3.8) is 0 Å². The van der Waals surface area contributed by atoms with Gasteiger partial charge in [0, 0.05) is 42.2 Å². The number of aliphatic imine (C=N–C) groups is 1. The lowest BCUT2D eigenvalue weighted by molar-refractivity contribution is -0.130. The topological polar surface area (TPSA) is 159 Å². The van der Waals surface area contributed by atoms with E-state index in [-0.39, 0.29) is 18.9 Å². The van der Waals surface area contributed by atoms with Crippen LogP contribution in [0, 0.1) is 0 Å². The number of carbonyl (C=O) groups is 1. The molecule has 0 fully saturated rings. The molecule has 6 rings (SSSR count). The van der Waals surface area contributed by atoms with Crippen LogP contribution in [0.4, 0.5) is 5.69 Å². The molecule has 1 aliphatic heterocycles. The van der Waals surface area contributed by atoms with Crippen molar-refractivity contribution in [2.24, 2.45) is 10.1 Å². The fraction of sp³-hybridized carbons (Fsp3) is 0.238. The number of methoxy groups -OCH3 is 2. The highest BCUT2D eigenvalue weighted by Gasteiger charge is 2.53. The zero-order chi connectivity index (χ0) is 37.8. The Balaban J connectivity index is 1.36. The second-order valence-electron chi connectivity index (χ2n) is 12.6. The number of hydrogen-bond acceptors (Lipinski definition) is 9. The van der Waals surface area contributed by atoms with Crippen LogP contribution in [0.15, 0.2) is 131 Å². The second-order valence-corrected chi connectivity index (χ2v) is 12.6. The molecule has 0 saturated carbocycles. The summed E-state index contributed by atoms with van der Waals surface area (Å²) < 4.78 is 23.3. The van der Waals surface area contributed by atoms with E-state index < -0.39 is 17.6 Å². The lowest BCUT2D eigenvalue weighted by Gasteiger charge is -2.31. The number of rotatable bonds is 17. The summed E-state index contributed by atoms with van der Waals surface area (Å²) in [5, 5.41) is 13.1. The first-order chi connectivity index (χ1) is 26.5. The summed E-state index contributed by atoms with van der Waals surface area (Å²) in [7, 11) is 3.18. The van der Waals surface area contributed by atoms with Gasteiger partial charge in [0.1, 0.15) is 5.75 Å². The van der Waals surface area contributed by atoms with Crippen LogP contribution in [-0.4, -0.2) is 56.4 Å². The average molecular weight is 727 g/mol. The van der Waals surface area contributed by atoms with Gasteiger partial charge in [-0.25, -0.2) is 10.4 Å². The van der Waals surface area contributed by atoms with Crippen LogP contribution >= 0.6 is 0 Å². The third kappa shape index (κ3) is 8.65. The lowest BCUT2D eigenvalue weighted by Crippen LogP contribution is -2.54. The summed E-state index contributed by atoms with van der Waals surface area (Å²) in [4.78, 5) is 22.9. The largest absolute Gasteiger partial charge is 0.494 e. The van der Waals surface area contributed by atoms with Crippen molar-refractivity contribution in [1.29, 1.82) is 0 Å². The molecule has 2 atom stereocenters. The molecule has 5 aromatic rings. The van der Waals surface area contributed by atoms with Crippen LogP contribution in [-0.2, 0) is 22.4 Å². The first-order valence-electron chi connectivity index (χ1n) is 17.6. The van der Waals surface area contributed by atoms with Gasteiger partial charge in [-0.15, -0.1) is 0 Å². The van der Waals surface area contributed by atoms with Gasteiger partial charge in [0.05, 0.1) is 20.8 Å². The molecule has 1 heterocycles. The van der Waals surface area contributed by atoms with Gasteiger partial charge in [-0.2, -0.15) is 0 Å². The molecule has 0 unspecified atom stereocenters. The zero-order valence-electron chi connectivity index (χ0n) is 30.1. The van der Waals surface area contributed by atoms with E-state index in [1.54, 1.807) is 38.5 Å². The van der Waals surface area contributed by atoms with Crippen LogP contribution in [0.25, 0.3) is 21.6 Å². The maximum absolute atomic E-state index is 14.7. The van der Waals surface area contributed by atoms with Gasteiger partial charge in [0.15, 0.2) is 23.1 Å². The first kappa shape index (κ1) is 37.4. The molecule has 54 heavy (non-hydrogen) atoms. The van der Waals surface area contributed by atoms with Crippen molar-refractivity contribution in [2.45, 2.75) is 30.9 Å². The fourth-order valence-corrected chi connectivity index (χ4v) is 6.35. The lowest BCUT2D eigenvalue weighted by atomic mass is 9.81. The number of carbonyl (C=O) groups excluding carboxylic acids is 1. The third-order valence-electron chi connectivity index (χ3n) is 9.14. The Morgan fingerprint density at radius 2 is 1.59 bits per heavy atom. The van der Waals surface area contributed by atoms with Crippen molar-refractivity contribution in [1.82, 2.24) is 10.9 Å². The smallest absolute Gasteiger partial charge is 0.266 e. The SMILES string of the molecule is COc1ccc(CCNNC(=O)[C@@]2(Cc3ccccc3N=[N+]=[N-])N=C(c3ccc(OCCCO)cc3)O[C@H]2c2ccc(-c3ccccc3)cc2)cc1OC. The molecule has 0 bridgehead atoms. The summed E-state index contributed by atoms with van der Waals surface area (Å²) >= 11 is 0. The minimum atomic E-state index is -1.54. The highest BCUT2D eigenvalue weighted by Crippen LogP contribution is 2.44. The number of nitrogens with zero attached hydrogens (tertiary/aromatic N) is 4. The summed E-state index contributed by atoms with van der Waals surface area (Å²) in [5.41, 5.74) is 19.3. The Kier molecular flexibility index (Phi) is 12.4. The molecule has 0 aromatic heterocycles. The molecule has 1 aliphatic rings. The highest BCUT2D eigenvalue weighted by molar-refractivity contribution is 6.01. The summed E-state index contributed by atoms with van der Waals surface area (Å²) in [6, 6.07) is 38.0. The fourth-order valence-electron chi connectivity index (χ4n) is 6.35. The van der Waals surface area contributed by atoms with Crippen molar-refractivity contribution in [2.75, 3.05) is 34.0 Å². The molecule has 1 amide bonds. The predicted molar refractivity (Wildman–Crippen MR) is 207 cm³/mol. The van der Waals surface area contributed by atoms with Crippen LogP contribution in [0.1, 0.15) is 34.8 Å². The average Bonchev–Trinajstić information content (AvgIpc) is 3.61. The second kappa shape index (κ2) is 17.9. The van der Waals surface area contributed by atoms with Crippen LogP contribution in [0.2, 0.25) is 0 Å². The first-order valence-corrected chi connectivity index (χ1v) is 17.6. The molecule has 0 aliphatic carbocycles. The van der Waals surface area contributed by atoms with Crippen molar-refractivity contribution in [3.05, 3.63) is 154 Å². The minimum absolute atomic E-state index is 0.0362. The number of hydrogen-bond donors (Lipinski definition) is 3. The molecule has 276 valence electrons. The van der Waals surface area contributed by atoms with E-state index >= 15 is 0 Å². The van der Waals surface area contributed by atoms with Gasteiger partial charge in [0.25, 0.3) is 5.91 Å². The molecule has 12 heteroatoms. The Morgan fingerprint density at radius 1 is 0.889 bits per heavy atom. The van der Waals surface area contributed by atoms with E-state index in [9.17, 15) is 10.3 Å². The Bertz CT molecular complexity index is 2100. The predicted octanol–water partition coefficient (Wildman–Crippen LogP) is 7.44. The monoisotopic (exact) mass is 726 g/mol. The number of benzene rings is 5. The van der Waals surface area contributed by atoms with Gasteiger partial charge in [0.2, 0.25) is 5.90 Å². The standard InChI is InChI=1S/C42H42N6O6/c1-51-37-22-13-29(27-38(37)52-2)23-24-44-47-41(50)42(28-34-11-6-7-12-36(34)46-48-43)39(32-16-14-31(15-17-32)30-9-4-3-5-10-30)54-40(45-42)33-18-20-35(21-19-33)53-26-8-25-49/h3-7,9-22,27,39,44,49H,8,23-26,28H2,1-2H3,(H,47,50)/t39-,42-/m0/s1. The highest BCUT2D eigenvalue weighted by atomic mass is 16.5. The van der Waals surface area contributed by atoms with E-state index in [1.165, 1.54) is 0 Å². The van der Waals surface area contributed by atoms with Gasteiger partial charge >= 0.3 is 0 Å². The van der Waals surface area contributed by atoms with Gasteiger partial charge in [-0.3, -0.25) is 10.2 Å². The van der Waals surface area contributed by atoms with Crippen molar-refractivity contribution < 1.29 is 28.8 Å². The number of hydrazine groups is 1. The number of aliphatic hydroxyl groups is 1. The molecule has 0 saturated heterocycles. The number of nitrogens with one attached hydrogen (secondary N) is 2. The van der Waals surface area contributed by atoms with Gasteiger partial charge in [-0.1, -0.05) is 90.0 Å². The maximum Gasteiger partial charge on any atom is 0.266 e. The Labute approximate surface area is 314 Å². The quantitative estimate of drug-likeness (QED) is 0.0295. The minimum Gasteiger partial charge on any atom is -0.494 e. The maximum atomic E-state index is 14.7. The number of aliphatic hydroxyl groups excluding tert-OH is 1. The van der Waals surface area contributed by atoms with E-state index in [4.69, 9.17) is 29.0 Å². The third-order valence-corrected chi connectivity index (χ3v) is 9.14. The van der Waals surface area contributed by atoms with E-state index in [2.05, 4.69) is 20.9 Å². The van der Waals surface area contributed by atoms with E-state index in [0.29, 0.717) is 60.1 Å². The van der Waals surface area contributed by atoms with Gasteiger partial charge in [-0.05, 0) is 76.2 Å². The van der Waals surface area contributed by atoms with Crippen LogP contribution in [0.3, 0.4) is 0 Å². The Morgan fingerprint density at radius 3 is 2.31 bits per heavy atom. The summed E-state index contributed by atoms with van der Waals surface area (Å²) in [6.45, 7) is 0.813. The number of azide groups is 1. The van der Waals surface area contributed by atoms with Crippen LogP contribution < -0.4 is 25.1 Å². The van der Waals surface area contributed by atoms with Crippen molar-refractivity contribution in [3.8, 4) is 28.4 Å². The van der Waals surface area contributed by atoms with Gasteiger partial charge < -0.3 is 24.1 Å². The molecular formula is C42H42N6O6. The normalized spacial score (nSPS) is 16.1. The number of amides is 1. The summed E-state index contributed by atoms with van der Waals surface area (Å²) in [5.74, 6) is 1.72. The molecule has 0 spiro atoms. The molecule has 12 nitrogen and oxygen atoms in total. The van der Waals surface area contributed by atoms with Crippen LogP contribution in [0.5, 0.6) is 17.2 Å². The summed E-state index contributed by atoms with van der Waals surface area (Å²) in [6.07, 6.45) is 0.279. The Hall–Kier alpha value is -6.33. The molecular weight excluding hydrogens is 684 g/mol. The van der Waals surface area contributed by atoms with E-state index in [0.717, 1.165) is 22.3 Å². The zero-order valence-corrected chi connectivity index (χ0v) is 30.1. The molecule has 5 aromatic carbocycles. The molecule has 0 radical (unpaired) electrons.